The van der Waals surface area contributed by atoms with Crippen LogP contribution < -0.4 is 14.8 Å². The number of nitrogens with one attached hydrogen (secondary N) is 1. The fraction of sp³-hybridized carbons (Fsp3) is 0.233. The maximum absolute atomic E-state index is 13.5. The first-order valence-corrected chi connectivity index (χ1v) is 16.9. The van der Waals surface area contributed by atoms with Crippen molar-refractivity contribution in [3.63, 3.8) is 0 Å². The zero-order valence-corrected chi connectivity index (χ0v) is 26.6. The predicted molar refractivity (Wildman–Crippen MR) is 170 cm³/mol. The minimum atomic E-state index is -3.05. The molecule has 43 heavy (non-hydrogen) atoms. The van der Waals surface area contributed by atoms with Gasteiger partial charge < -0.3 is 19.5 Å². The van der Waals surface area contributed by atoms with E-state index >= 15 is 0 Å². The van der Waals surface area contributed by atoms with E-state index in [4.69, 9.17) is 19.2 Å². The van der Waals surface area contributed by atoms with E-state index in [1.807, 2.05) is 41.8 Å². The van der Waals surface area contributed by atoms with Crippen molar-refractivity contribution < 1.29 is 27.0 Å². The summed E-state index contributed by atoms with van der Waals surface area (Å²) < 4.78 is 53.8. The molecule has 1 N–H and O–H groups in total. The van der Waals surface area contributed by atoms with Crippen LogP contribution in [0.2, 0.25) is 0 Å². The Morgan fingerprint density at radius 3 is 2.67 bits per heavy atom. The molecule has 0 saturated carbocycles. The van der Waals surface area contributed by atoms with E-state index in [1.165, 1.54) is 36.1 Å². The summed E-state index contributed by atoms with van der Waals surface area (Å²) in [4.78, 5) is 13.7. The third-order valence-corrected chi connectivity index (χ3v) is 8.76. The largest absolute Gasteiger partial charge is 0.496 e. The Hall–Kier alpha value is -3.65. The normalized spacial score (nSPS) is 11.5. The van der Waals surface area contributed by atoms with Crippen LogP contribution in [0.5, 0.6) is 11.5 Å². The minimum absolute atomic E-state index is 0.00567. The van der Waals surface area contributed by atoms with Gasteiger partial charge in [-0.25, -0.2) is 27.8 Å². The summed E-state index contributed by atoms with van der Waals surface area (Å²) in [5.41, 5.74) is 3.73. The lowest BCUT2D eigenvalue weighted by Crippen LogP contribution is -2.11. The predicted octanol–water partition coefficient (Wildman–Crippen LogP) is 6.59. The van der Waals surface area contributed by atoms with Gasteiger partial charge in [-0.05, 0) is 57.9 Å². The number of aromatic nitrogens is 3. The summed E-state index contributed by atoms with van der Waals surface area (Å²) in [6.45, 7) is 0.773. The number of rotatable bonds is 13. The molecule has 9 nitrogen and oxygen atoms in total. The van der Waals surface area contributed by atoms with E-state index in [-0.39, 0.29) is 24.8 Å². The second kappa shape index (κ2) is 13.8. The van der Waals surface area contributed by atoms with Crippen molar-refractivity contribution in [1.82, 2.24) is 15.0 Å². The molecule has 0 spiro atoms. The van der Waals surface area contributed by atoms with Gasteiger partial charge in [-0.15, -0.1) is 11.3 Å². The lowest BCUT2D eigenvalue weighted by Gasteiger charge is -2.13. The smallest absolute Gasteiger partial charge is 0.149 e. The van der Waals surface area contributed by atoms with Crippen LogP contribution in [0, 0.1) is 5.82 Å². The molecular formula is C30H28BrFN4O5S2. The van der Waals surface area contributed by atoms with Gasteiger partial charge in [0.1, 0.15) is 45.9 Å². The third-order valence-electron chi connectivity index (χ3n) is 6.32. The number of methoxy groups -OCH3 is 1. The minimum Gasteiger partial charge on any atom is -0.496 e. The molecule has 0 amide bonds. The number of ether oxygens (including phenoxy) is 3. The first-order valence-electron chi connectivity index (χ1n) is 13.2. The molecule has 0 radical (unpaired) electrons. The fourth-order valence-electron chi connectivity index (χ4n) is 4.19. The van der Waals surface area contributed by atoms with Gasteiger partial charge in [0.05, 0.1) is 46.8 Å². The first-order chi connectivity index (χ1) is 20.7. The third kappa shape index (κ3) is 8.25. The van der Waals surface area contributed by atoms with E-state index in [2.05, 4.69) is 31.2 Å². The molecule has 0 bridgehead atoms. The number of hydrogen-bond donors (Lipinski definition) is 1. The Morgan fingerprint density at radius 1 is 1.05 bits per heavy atom. The van der Waals surface area contributed by atoms with Crippen LogP contribution in [0.15, 0.2) is 70.8 Å². The first kappa shape index (κ1) is 30.8. The lowest BCUT2D eigenvalue weighted by molar-refractivity contribution is 0.152. The van der Waals surface area contributed by atoms with Crippen molar-refractivity contribution in [3.05, 3.63) is 87.2 Å². The number of benzene rings is 3. The second-order valence-corrected chi connectivity index (χ2v) is 13.7. The Morgan fingerprint density at radius 2 is 1.91 bits per heavy atom. The maximum Gasteiger partial charge on any atom is 0.149 e. The Bertz CT molecular complexity index is 1850. The van der Waals surface area contributed by atoms with Crippen LogP contribution in [0.1, 0.15) is 10.6 Å². The van der Waals surface area contributed by atoms with Gasteiger partial charge in [0.2, 0.25) is 0 Å². The molecule has 3 aromatic carbocycles. The SMILES string of the molecule is COc1cc2ncnc(Nc3ccc(OCc4cccc(F)c4)c(Br)c3)c2cc1-c1csc(CCOCCS(C)(=O)=O)n1. The number of fused-ring (bicyclic) bond motifs is 1. The summed E-state index contributed by atoms with van der Waals surface area (Å²) in [6.07, 6.45) is 3.24. The topological polar surface area (TPSA) is 113 Å². The van der Waals surface area contributed by atoms with Crippen molar-refractivity contribution in [2.24, 2.45) is 0 Å². The summed E-state index contributed by atoms with van der Waals surface area (Å²) >= 11 is 5.06. The summed E-state index contributed by atoms with van der Waals surface area (Å²) in [5.74, 6) is 1.54. The highest BCUT2D eigenvalue weighted by atomic mass is 79.9. The van der Waals surface area contributed by atoms with Gasteiger partial charge in [0.25, 0.3) is 0 Å². The second-order valence-electron chi connectivity index (χ2n) is 9.60. The van der Waals surface area contributed by atoms with E-state index in [0.29, 0.717) is 35.9 Å². The van der Waals surface area contributed by atoms with Crippen molar-refractivity contribution >= 4 is 59.5 Å². The average Bonchev–Trinajstić information content (AvgIpc) is 3.44. The zero-order valence-electron chi connectivity index (χ0n) is 23.3. The van der Waals surface area contributed by atoms with Crippen molar-refractivity contribution in [1.29, 1.82) is 0 Å². The molecule has 0 atom stereocenters. The molecule has 2 heterocycles. The fourth-order valence-corrected chi connectivity index (χ4v) is 5.89. The molecule has 0 aliphatic carbocycles. The van der Waals surface area contributed by atoms with Crippen molar-refractivity contribution in [2.75, 3.05) is 37.6 Å². The zero-order chi connectivity index (χ0) is 30.4. The average molecular weight is 688 g/mol. The Balaban J connectivity index is 1.32. The molecule has 0 aliphatic rings. The molecule has 0 unspecified atom stereocenters. The van der Waals surface area contributed by atoms with Crippen LogP contribution >= 0.6 is 27.3 Å². The summed E-state index contributed by atoms with van der Waals surface area (Å²) in [7, 11) is -1.45. The van der Waals surface area contributed by atoms with Crippen LogP contribution in [0.4, 0.5) is 15.9 Å². The van der Waals surface area contributed by atoms with Gasteiger partial charge in [-0.1, -0.05) is 12.1 Å². The van der Waals surface area contributed by atoms with Crippen molar-refractivity contribution in [3.8, 4) is 22.8 Å². The van der Waals surface area contributed by atoms with Gasteiger partial charge in [-0.2, -0.15) is 0 Å². The molecule has 224 valence electrons. The molecular weight excluding hydrogens is 659 g/mol. The van der Waals surface area contributed by atoms with E-state index in [0.717, 1.165) is 37.4 Å². The molecule has 0 fully saturated rings. The summed E-state index contributed by atoms with van der Waals surface area (Å²) in [6, 6.07) is 15.7. The molecule has 2 aromatic heterocycles. The molecule has 0 aliphatic heterocycles. The highest BCUT2D eigenvalue weighted by Crippen LogP contribution is 2.37. The number of anilines is 2. The lowest BCUT2D eigenvalue weighted by atomic mass is 10.1. The summed E-state index contributed by atoms with van der Waals surface area (Å²) in [5, 5.41) is 6.96. The van der Waals surface area contributed by atoms with E-state index in [9.17, 15) is 12.8 Å². The standard InChI is InChI=1S/C30H28BrFN4O5S2/c1-39-28-15-25-23(14-22(28)26-17-42-29(36-26)8-9-40-10-11-43(2,37)38)30(34-18-33-25)35-21-6-7-27(24(31)13-21)41-16-19-4-3-5-20(32)12-19/h3-7,12-15,17-18H,8-11,16H2,1-2H3,(H,33,34,35). The van der Waals surface area contributed by atoms with Crippen LogP contribution in [0.25, 0.3) is 22.2 Å². The number of sulfone groups is 1. The maximum atomic E-state index is 13.5. The van der Waals surface area contributed by atoms with Gasteiger partial charge in [0.15, 0.2) is 0 Å². The Kier molecular flexibility index (Phi) is 9.86. The van der Waals surface area contributed by atoms with Crippen LogP contribution in [0.3, 0.4) is 0 Å². The number of hydrogen-bond acceptors (Lipinski definition) is 10. The number of nitrogens with zero attached hydrogens (tertiary/aromatic N) is 3. The van der Waals surface area contributed by atoms with E-state index < -0.39 is 9.84 Å². The number of halogens is 2. The quantitative estimate of drug-likeness (QED) is 0.137. The van der Waals surface area contributed by atoms with Gasteiger partial charge >= 0.3 is 0 Å². The van der Waals surface area contributed by atoms with Crippen LogP contribution in [-0.2, 0) is 27.6 Å². The monoisotopic (exact) mass is 686 g/mol. The Labute approximate surface area is 261 Å². The van der Waals surface area contributed by atoms with Gasteiger partial charge in [-0.3, -0.25) is 0 Å². The highest BCUT2D eigenvalue weighted by molar-refractivity contribution is 9.10. The molecule has 13 heteroatoms. The highest BCUT2D eigenvalue weighted by Gasteiger charge is 2.16. The van der Waals surface area contributed by atoms with Gasteiger partial charge in [0, 0.05) is 40.8 Å². The van der Waals surface area contributed by atoms with Crippen LogP contribution in [-0.4, -0.2) is 55.7 Å². The molecule has 5 rings (SSSR count). The van der Waals surface area contributed by atoms with E-state index in [1.54, 1.807) is 13.2 Å². The molecule has 0 saturated heterocycles. The van der Waals surface area contributed by atoms with Crippen molar-refractivity contribution in [2.45, 2.75) is 13.0 Å². The molecule has 5 aromatic rings. The number of thiazole rings is 1.